The van der Waals surface area contributed by atoms with Gasteiger partial charge in [-0.05, 0) is 40.8 Å². The van der Waals surface area contributed by atoms with E-state index in [2.05, 4.69) is 0 Å². The van der Waals surface area contributed by atoms with Gasteiger partial charge in [-0.1, -0.05) is 0 Å². The van der Waals surface area contributed by atoms with E-state index in [1.807, 2.05) is 28.7 Å². The van der Waals surface area contributed by atoms with Crippen LogP contribution in [0.3, 0.4) is 0 Å². The summed E-state index contributed by atoms with van der Waals surface area (Å²) in [7, 11) is 0. The minimum atomic E-state index is 0.136. The fraction of sp³-hybridized carbons (Fsp3) is 0. The molecule has 0 aliphatic rings. The van der Waals surface area contributed by atoms with Crippen molar-refractivity contribution >= 4 is 22.6 Å². The van der Waals surface area contributed by atoms with Gasteiger partial charge in [0.05, 0.1) is 5.56 Å². The van der Waals surface area contributed by atoms with Gasteiger partial charge in [0, 0.05) is 3.57 Å². The minimum Gasteiger partial charge on any atom is -0.508 e. The van der Waals surface area contributed by atoms with Crippen molar-refractivity contribution in [2.24, 2.45) is 0 Å². The summed E-state index contributed by atoms with van der Waals surface area (Å²) in [6.07, 6.45) is 0. The molecule has 1 aromatic rings. The lowest BCUT2D eigenvalue weighted by Gasteiger charge is -1.93. The van der Waals surface area contributed by atoms with Crippen molar-refractivity contribution in [2.75, 3.05) is 0 Å². The van der Waals surface area contributed by atoms with Crippen LogP contribution < -0.4 is 0 Å². The Kier molecular flexibility index (Phi) is 2.12. The number of rotatable bonds is 0. The van der Waals surface area contributed by atoms with Gasteiger partial charge >= 0.3 is 0 Å². The molecule has 0 saturated heterocycles. The van der Waals surface area contributed by atoms with E-state index < -0.39 is 0 Å². The van der Waals surface area contributed by atoms with E-state index in [1.54, 1.807) is 12.1 Å². The second-order valence-corrected chi connectivity index (χ2v) is 2.94. The molecule has 0 atom stereocenters. The quantitative estimate of drug-likeness (QED) is 0.709. The smallest absolute Gasteiger partial charge is 0.116 e. The Hall–Kier alpha value is -0.760. The summed E-state index contributed by atoms with van der Waals surface area (Å²) < 4.78 is 0.859. The summed E-state index contributed by atoms with van der Waals surface area (Å²) in [6, 6.07) is 6.68. The third-order valence-corrected chi connectivity index (χ3v) is 2.01. The molecule has 0 aliphatic carbocycles. The lowest BCUT2D eigenvalue weighted by Crippen LogP contribution is -1.78. The van der Waals surface area contributed by atoms with Gasteiger partial charge < -0.3 is 5.11 Å². The number of phenolic OH excluding ortho intramolecular Hbond substituents is 1. The van der Waals surface area contributed by atoms with E-state index in [0.29, 0.717) is 5.56 Å². The molecule has 0 amide bonds. The van der Waals surface area contributed by atoms with E-state index >= 15 is 0 Å². The van der Waals surface area contributed by atoms with Gasteiger partial charge in [0.15, 0.2) is 0 Å². The van der Waals surface area contributed by atoms with Gasteiger partial charge in [-0.3, -0.25) is 0 Å². The monoisotopic (exact) mass is 245 g/mol. The Morgan fingerprint density at radius 3 is 2.70 bits per heavy atom. The Balaban J connectivity index is 3.25. The number of nitriles is 1. The molecule has 2 nitrogen and oxygen atoms in total. The fourth-order valence-corrected chi connectivity index (χ4v) is 1.06. The molecule has 0 radical (unpaired) electrons. The zero-order valence-electron chi connectivity index (χ0n) is 5.00. The van der Waals surface area contributed by atoms with E-state index in [0.717, 1.165) is 3.57 Å². The van der Waals surface area contributed by atoms with Crippen LogP contribution in [0.1, 0.15) is 5.56 Å². The molecule has 0 spiro atoms. The average molecular weight is 245 g/mol. The third kappa shape index (κ3) is 1.39. The Bertz CT molecular complexity index is 290. The van der Waals surface area contributed by atoms with Gasteiger partial charge in [-0.25, -0.2) is 0 Å². The Morgan fingerprint density at radius 1 is 1.50 bits per heavy atom. The predicted octanol–water partition coefficient (Wildman–Crippen LogP) is 1.87. The number of phenols is 1. The van der Waals surface area contributed by atoms with E-state index in [9.17, 15) is 0 Å². The summed E-state index contributed by atoms with van der Waals surface area (Å²) in [6.45, 7) is 0. The summed E-state index contributed by atoms with van der Waals surface area (Å²) >= 11 is 2.04. The van der Waals surface area contributed by atoms with Gasteiger partial charge in [0.1, 0.15) is 11.8 Å². The molecule has 0 heterocycles. The van der Waals surface area contributed by atoms with Crippen LogP contribution in [-0.4, -0.2) is 5.11 Å². The highest BCUT2D eigenvalue weighted by Gasteiger charge is 1.97. The van der Waals surface area contributed by atoms with Crippen molar-refractivity contribution in [2.45, 2.75) is 0 Å². The van der Waals surface area contributed by atoms with Crippen molar-refractivity contribution < 1.29 is 5.11 Å². The number of nitrogens with zero attached hydrogens (tertiary/aromatic N) is 1. The molecule has 0 aliphatic heterocycles. The van der Waals surface area contributed by atoms with E-state index in [4.69, 9.17) is 10.4 Å². The average Bonchev–Trinajstić information content (AvgIpc) is 1.94. The van der Waals surface area contributed by atoms with Crippen LogP contribution in [-0.2, 0) is 0 Å². The normalized spacial score (nSPS) is 8.80. The third-order valence-electron chi connectivity index (χ3n) is 1.07. The van der Waals surface area contributed by atoms with Gasteiger partial charge in [0.25, 0.3) is 0 Å². The fourth-order valence-electron chi connectivity index (χ4n) is 0.599. The number of benzene rings is 1. The molecular weight excluding hydrogens is 241 g/mol. The van der Waals surface area contributed by atoms with Crippen molar-refractivity contribution in [3.8, 4) is 11.8 Å². The molecule has 0 aromatic heterocycles. The van der Waals surface area contributed by atoms with E-state index in [-0.39, 0.29) is 5.75 Å². The summed E-state index contributed by atoms with van der Waals surface area (Å²) in [5, 5.41) is 17.4. The molecule has 1 rings (SSSR count). The second kappa shape index (κ2) is 2.88. The maximum absolute atomic E-state index is 8.91. The molecule has 0 unspecified atom stereocenters. The van der Waals surface area contributed by atoms with Crippen LogP contribution >= 0.6 is 22.6 Å². The number of hydrogen-bond acceptors (Lipinski definition) is 2. The maximum atomic E-state index is 8.91. The molecule has 1 N–H and O–H groups in total. The number of aromatic hydroxyl groups is 1. The first-order valence-corrected chi connectivity index (χ1v) is 3.70. The van der Waals surface area contributed by atoms with Crippen molar-refractivity contribution in [3.63, 3.8) is 0 Å². The number of halogens is 1. The summed E-state index contributed by atoms with van der Waals surface area (Å²) in [4.78, 5) is 0. The molecule has 0 saturated carbocycles. The summed E-state index contributed by atoms with van der Waals surface area (Å²) in [5.74, 6) is 0.136. The first-order chi connectivity index (χ1) is 4.74. The lowest BCUT2D eigenvalue weighted by atomic mass is 10.2. The van der Waals surface area contributed by atoms with Crippen LogP contribution in [0.15, 0.2) is 18.2 Å². The second-order valence-electron chi connectivity index (χ2n) is 1.78. The van der Waals surface area contributed by atoms with Crippen LogP contribution in [0.4, 0.5) is 0 Å². The van der Waals surface area contributed by atoms with E-state index in [1.165, 1.54) is 6.07 Å². The van der Waals surface area contributed by atoms with Crippen LogP contribution in [0.2, 0.25) is 0 Å². The van der Waals surface area contributed by atoms with Gasteiger partial charge in [-0.15, -0.1) is 0 Å². The van der Waals surface area contributed by atoms with Crippen molar-refractivity contribution in [1.29, 1.82) is 5.26 Å². The van der Waals surface area contributed by atoms with Gasteiger partial charge in [0.2, 0.25) is 0 Å². The predicted molar refractivity (Wildman–Crippen MR) is 45.5 cm³/mol. The zero-order chi connectivity index (χ0) is 7.56. The molecule has 10 heavy (non-hydrogen) atoms. The van der Waals surface area contributed by atoms with Crippen LogP contribution in [0, 0.1) is 14.9 Å². The topological polar surface area (TPSA) is 44.0 Å². The maximum Gasteiger partial charge on any atom is 0.116 e. The molecule has 1 aromatic carbocycles. The SMILES string of the molecule is N#Cc1cc(O)ccc1I. The van der Waals surface area contributed by atoms with Crippen molar-refractivity contribution in [1.82, 2.24) is 0 Å². The van der Waals surface area contributed by atoms with Crippen molar-refractivity contribution in [3.05, 3.63) is 27.3 Å². The van der Waals surface area contributed by atoms with Crippen LogP contribution in [0.25, 0.3) is 0 Å². The molecule has 3 heteroatoms. The first-order valence-electron chi connectivity index (χ1n) is 2.62. The highest BCUT2D eigenvalue weighted by molar-refractivity contribution is 14.1. The molecular formula is C7H4INO. The Morgan fingerprint density at radius 2 is 2.20 bits per heavy atom. The zero-order valence-corrected chi connectivity index (χ0v) is 7.16. The highest BCUT2D eigenvalue weighted by atomic mass is 127. The minimum absolute atomic E-state index is 0.136. The Labute approximate surface area is 72.2 Å². The number of hydrogen-bond donors (Lipinski definition) is 1. The molecule has 0 fully saturated rings. The molecule has 0 bridgehead atoms. The molecule has 50 valence electrons. The first kappa shape index (κ1) is 7.35. The van der Waals surface area contributed by atoms with Gasteiger partial charge in [-0.2, -0.15) is 5.26 Å². The highest BCUT2D eigenvalue weighted by Crippen LogP contribution is 2.16. The lowest BCUT2D eigenvalue weighted by molar-refractivity contribution is 0.475. The van der Waals surface area contributed by atoms with Crippen LogP contribution in [0.5, 0.6) is 5.75 Å². The standard InChI is InChI=1S/C7H4INO/c8-7-2-1-6(10)3-5(7)4-9/h1-3,10H. The largest absolute Gasteiger partial charge is 0.508 e. The summed E-state index contributed by atoms with van der Waals surface area (Å²) in [5.41, 5.74) is 0.514.